The van der Waals surface area contributed by atoms with Gasteiger partial charge in [-0.15, -0.1) is 24.0 Å². The van der Waals surface area contributed by atoms with Gasteiger partial charge in [-0.05, 0) is 25.0 Å². The van der Waals surface area contributed by atoms with Crippen molar-refractivity contribution in [2.24, 2.45) is 4.99 Å². The third kappa shape index (κ3) is 8.59. The summed E-state index contributed by atoms with van der Waals surface area (Å²) in [7, 11) is 1.76. The van der Waals surface area contributed by atoms with Gasteiger partial charge in [-0.3, -0.25) is 4.99 Å². The predicted octanol–water partition coefficient (Wildman–Crippen LogP) is 3.54. The van der Waals surface area contributed by atoms with Crippen LogP contribution in [0.4, 0.5) is 5.82 Å². The number of guanidine groups is 1. The average Bonchev–Trinajstić information content (AvgIpc) is 3.11. The summed E-state index contributed by atoms with van der Waals surface area (Å²) in [5, 5.41) is 9.83. The van der Waals surface area contributed by atoms with Crippen molar-refractivity contribution in [1.82, 2.24) is 20.6 Å². The van der Waals surface area contributed by atoms with Crippen molar-refractivity contribution in [2.75, 3.05) is 25.5 Å². The summed E-state index contributed by atoms with van der Waals surface area (Å²) in [5.74, 6) is 3.21. The number of rotatable bonds is 8. The van der Waals surface area contributed by atoms with Crippen LogP contribution in [0.3, 0.4) is 0 Å². The highest BCUT2D eigenvalue weighted by Gasteiger charge is 2.19. The smallest absolute Gasteiger partial charge is 0.213 e. The van der Waals surface area contributed by atoms with Gasteiger partial charge in [-0.1, -0.05) is 26.8 Å². The van der Waals surface area contributed by atoms with Crippen molar-refractivity contribution < 1.29 is 4.42 Å². The molecule has 0 unspecified atom stereocenters. The van der Waals surface area contributed by atoms with E-state index in [2.05, 4.69) is 51.7 Å². The molecule has 3 N–H and O–H groups in total. The highest BCUT2D eigenvalue weighted by Crippen LogP contribution is 2.22. The van der Waals surface area contributed by atoms with E-state index < -0.39 is 0 Å². The second-order valence-electron chi connectivity index (χ2n) is 7.07. The quantitative estimate of drug-likeness (QED) is 0.229. The maximum atomic E-state index is 5.77. The Hall–Kier alpha value is -1.84. The summed E-state index contributed by atoms with van der Waals surface area (Å²) in [6.07, 6.45) is 5.67. The summed E-state index contributed by atoms with van der Waals surface area (Å²) < 4.78 is 5.77. The molecule has 27 heavy (non-hydrogen) atoms. The number of aliphatic imine (C=N–C) groups is 1. The Morgan fingerprint density at radius 2 is 1.89 bits per heavy atom. The number of halogens is 1. The maximum Gasteiger partial charge on any atom is 0.213 e. The number of unbranched alkanes of at least 4 members (excludes halogenated alkanes) is 1. The van der Waals surface area contributed by atoms with E-state index in [9.17, 15) is 0 Å². The summed E-state index contributed by atoms with van der Waals surface area (Å²) in [6.45, 7) is 8.58. The molecule has 0 aliphatic heterocycles. The van der Waals surface area contributed by atoms with Crippen LogP contribution in [-0.4, -0.2) is 36.1 Å². The Morgan fingerprint density at radius 3 is 2.52 bits per heavy atom. The predicted molar refractivity (Wildman–Crippen MR) is 121 cm³/mol. The van der Waals surface area contributed by atoms with Gasteiger partial charge in [0.15, 0.2) is 5.96 Å². The Labute approximate surface area is 178 Å². The van der Waals surface area contributed by atoms with Crippen LogP contribution >= 0.6 is 24.0 Å². The van der Waals surface area contributed by atoms with Gasteiger partial charge in [0.2, 0.25) is 5.89 Å². The molecule has 0 saturated heterocycles. The topological polar surface area (TPSA) is 87.4 Å². The molecule has 2 heterocycles. The molecule has 150 valence electrons. The molecule has 7 nitrogen and oxygen atoms in total. The van der Waals surface area contributed by atoms with Crippen LogP contribution in [-0.2, 0) is 12.0 Å². The van der Waals surface area contributed by atoms with Crippen molar-refractivity contribution in [2.45, 2.75) is 45.6 Å². The van der Waals surface area contributed by atoms with Gasteiger partial charge in [0.05, 0.1) is 12.7 Å². The standard InChI is InChI=1S/C19H30N6O.HI/c1-19(2,3)15-13-24-17(26-15)14-25-18(20-4)23-12-8-7-11-22-16-9-5-6-10-21-16;/h5-6,9-10,13H,7-8,11-12,14H2,1-4H3,(H,21,22)(H2,20,23,25);1H. The highest BCUT2D eigenvalue weighted by atomic mass is 127. The molecule has 0 radical (unpaired) electrons. The molecule has 0 atom stereocenters. The summed E-state index contributed by atoms with van der Waals surface area (Å²) >= 11 is 0. The monoisotopic (exact) mass is 486 g/mol. The normalized spacial score (nSPS) is 11.6. The summed E-state index contributed by atoms with van der Waals surface area (Å²) in [4.78, 5) is 12.8. The maximum absolute atomic E-state index is 5.77. The third-order valence-corrected chi connectivity index (χ3v) is 3.79. The van der Waals surface area contributed by atoms with Crippen LogP contribution in [0.25, 0.3) is 0 Å². The van der Waals surface area contributed by atoms with Gasteiger partial charge in [0.1, 0.15) is 11.6 Å². The molecule has 0 fully saturated rings. The van der Waals surface area contributed by atoms with E-state index >= 15 is 0 Å². The first-order chi connectivity index (χ1) is 12.5. The molecule has 2 aromatic heterocycles. The number of hydrogen-bond acceptors (Lipinski definition) is 5. The SMILES string of the molecule is CN=C(NCCCCNc1ccccn1)NCc1ncc(C(C)(C)C)o1.I. The molecule has 0 aliphatic rings. The lowest BCUT2D eigenvalue weighted by Crippen LogP contribution is -2.37. The van der Waals surface area contributed by atoms with Gasteiger partial charge in [0.25, 0.3) is 0 Å². The lowest BCUT2D eigenvalue weighted by atomic mass is 9.94. The molecule has 0 spiro atoms. The zero-order valence-corrected chi connectivity index (χ0v) is 18.9. The molecule has 0 amide bonds. The van der Waals surface area contributed by atoms with E-state index in [4.69, 9.17) is 4.42 Å². The molecular weight excluding hydrogens is 455 g/mol. The molecule has 0 aliphatic carbocycles. The molecule has 2 aromatic rings. The van der Waals surface area contributed by atoms with E-state index in [1.165, 1.54) is 0 Å². The lowest BCUT2D eigenvalue weighted by Gasteiger charge is -2.13. The van der Waals surface area contributed by atoms with Crippen molar-refractivity contribution in [1.29, 1.82) is 0 Å². The fourth-order valence-corrected chi connectivity index (χ4v) is 2.26. The minimum absolute atomic E-state index is 0. The van der Waals surface area contributed by atoms with E-state index in [0.29, 0.717) is 12.4 Å². The Bertz CT molecular complexity index is 681. The average molecular weight is 486 g/mol. The minimum atomic E-state index is -0.0333. The van der Waals surface area contributed by atoms with E-state index in [-0.39, 0.29) is 29.4 Å². The van der Waals surface area contributed by atoms with Crippen LogP contribution in [0.1, 0.15) is 45.3 Å². The second kappa shape index (κ2) is 11.8. The van der Waals surface area contributed by atoms with Crippen LogP contribution in [0.15, 0.2) is 40.0 Å². The van der Waals surface area contributed by atoms with Gasteiger partial charge in [0, 0.05) is 31.7 Å². The number of nitrogens with one attached hydrogen (secondary N) is 3. The Kier molecular flexibility index (Phi) is 10.1. The van der Waals surface area contributed by atoms with E-state index in [0.717, 1.165) is 43.5 Å². The van der Waals surface area contributed by atoms with Crippen LogP contribution in [0.5, 0.6) is 0 Å². The highest BCUT2D eigenvalue weighted by molar-refractivity contribution is 14.0. The fraction of sp³-hybridized carbons (Fsp3) is 0.526. The van der Waals surface area contributed by atoms with Crippen molar-refractivity contribution in [3.8, 4) is 0 Å². The number of anilines is 1. The number of hydrogen-bond donors (Lipinski definition) is 3. The minimum Gasteiger partial charge on any atom is -0.443 e. The molecule has 0 saturated carbocycles. The zero-order valence-electron chi connectivity index (χ0n) is 16.6. The molecular formula is C19H31IN6O. The Balaban J connectivity index is 0.00000364. The first-order valence-electron chi connectivity index (χ1n) is 9.03. The van der Waals surface area contributed by atoms with Crippen molar-refractivity contribution >= 4 is 35.8 Å². The number of nitrogens with zero attached hydrogens (tertiary/aromatic N) is 3. The lowest BCUT2D eigenvalue weighted by molar-refractivity contribution is 0.379. The second-order valence-corrected chi connectivity index (χ2v) is 7.07. The largest absolute Gasteiger partial charge is 0.443 e. The number of pyridine rings is 1. The molecule has 2 rings (SSSR count). The first kappa shape index (κ1) is 23.2. The van der Waals surface area contributed by atoms with Gasteiger partial charge in [-0.25, -0.2) is 9.97 Å². The molecule has 0 bridgehead atoms. The van der Waals surface area contributed by atoms with Crippen molar-refractivity contribution in [3.63, 3.8) is 0 Å². The summed E-state index contributed by atoms with van der Waals surface area (Å²) in [6, 6.07) is 5.86. The van der Waals surface area contributed by atoms with Crippen molar-refractivity contribution in [3.05, 3.63) is 42.2 Å². The fourth-order valence-electron chi connectivity index (χ4n) is 2.26. The van der Waals surface area contributed by atoms with Crippen LogP contribution in [0.2, 0.25) is 0 Å². The van der Waals surface area contributed by atoms with Crippen LogP contribution in [0, 0.1) is 0 Å². The van der Waals surface area contributed by atoms with Gasteiger partial charge in [-0.2, -0.15) is 0 Å². The Morgan fingerprint density at radius 1 is 1.11 bits per heavy atom. The number of oxazole rings is 1. The van der Waals surface area contributed by atoms with Crippen LogP contribution < -0.4 is 16.0 Å². The molecule has 8 heteroatoms. The zero-order chi connectivity index (χ0) is 18.8. The van der Waals surface area contributed by atoms with Gasteiger partial charge < -0.3 is 20.4 Å². The number of aromatic nitrogens is 2. The first-order valence-corrected chi connectivity index (χ1v) is 9.03. The van der Waals surface area contributed by atoms with Gasteiger partial charge >= 0.3 is 0 Å². The summed E-state index contributed by atoms with van der Waals surface area (Å²) in [5.41, 5.74) is -0.0333. The molecule has 0 aromatic carbocycles. The third-order valence-electron chi connectivity index (χ3n) is 3.79. The van der Waals surface area contributed by atoms with E-state index in [1.54, 1.807) is 19.4 Å². The van der Waals surface area contributed by atoms with E-state index in [1.807, 2.05) is 18.2 Å².